The fourth-order valence-corrected chi connectivity index (χ4v) is 5.61. The number of fused-ring (bicyclic) bond motifs is 1. The fraction of sp³-hybridized carbons (Fsp3) is 0.520. The van der Waals surface area contributed by atoms with Gasteiger partial charge in [-0.15, -0.1) is 0 Å². The summed E-state index contributed by atoms with van der Waals surface area (Å²) in [4.78, 5) is 26.2. The van der Waals surface area contributed by atoms with Crippen molar-refractivity contribution in [2.75, 3.05) is 12.0 Å². The van der Waals surface area contributed by atoms with Crippen molar-refractivity contribution in [2.24, 2.45) is 5.92 Å². The van der Waals surface area contributed by atoms with Gasteiger partial charge in [0.15, 0.2) is 6.04 Å². The predicted octanol–water partition coefficient (Wildman–Crippen LogP) is 4.78. The van der Waals surface area contributed by atoms with Crippen LogP contribution in [0, 0.1) is 5.92 Å². The minimum atomic E-state index is -4.75. The van der Waals surface area contributed by atoms with E-state index >= 15 is 0 Å². The van der Waals surface area contributed by atoms with Crippen LogP contribution in [-0.4, -0.2) is 47.6 Å². The number of anilines is 1. The summed E-state index contributed by atoms with van der Waals surface area (Å²) in [7, 11) is 1.37. The maximum atomic E-state index is 13.9. The van der Waals surface area contributed by atoms with Crippen molar-refractivity contribution in [3.63, 3.8) is 0 Å². The second-order valence-corrected chi connectivity index (χ2v) is 9.66. The van der Waals surface area contributed by atoms with E-state index in [2.05, 4.69) is 18.7 Å². The SMILES string of the molecule is COc1cc2c(cc1N1C(C(F)(F)F)=CC=CC1C(=O)O)CN(C1CCC(C=O)CC1)C2(C)C. The van der Waals surface area contributed by atoms with Crippen LogP contribution in [0.15, 0.2) is 36.1 Å². The molecule has 1 atom stereocenters. The molecule has 6 nitrogen and oxygen atoms in total. The zero-order valence-corrected chi connectivity index (χ0v) is 19.4. The molecule has 0 bridgehead atoms. The number of aliphatic carboxylic acids is 1. The van der Waals surface area contributed by atoms with Crippen LogP contribution in [0.5, 0.6) is 5.75 Å². The zero-order valence-electron chi connectivity index (χ0n) is 19.4. The molecule has 1 aromatic carbocycles. The summed E-state index contributed by atoms with van der Waals surface area (Å²) in [6.45, 7) is 4.69. The van der Waals surface area contributed by atoms with Crippen LogP contribution in [0.4, 0.5) is 18.9 Å². The zero-order chi connectivity index (χ0) is 24.8. The highest BCUT2D eigenvalue weighted by Crippen LogP contribution is 2.49. The topological polar surface area (TPSA) is 70.1 Å². The summed E-state index contributed by atoms with van der Waals surface area (Å²) in [6, 6.07) is 2.12. The number of alkyl halides is 3. The van der Waals surface area contributed by atoms with E-state index in [0.29, 0.717) is 6.54 Å². The first-order chi connectivity index (χ1) is 16.0. The molecule has 1 aliphatic carbocycles. The van der Waals surface area contributed by atoms with Crippen molar-refractivity contribution >= 4 is 17.9 Å². The maximum absolute atomic E-state index is 13.9. The summed E-state index contributed by atoms with van der Waals surface area (Å²) in [5.74, 6) is -1.11. The molecular weight excluding hydrogens is 449 g/mol. The molecule has 1 unspecified atom stereocenters. The van der Waals surface area contributed by atoms with Crippen molar-refractivity contribution in [3.8, 4) is 5.75 Å². The molecule has 9 heteroatoms. The van der Waals surface area contributed by atoms with Gasteiger partial charge in [-0.25, -0.2) is 4.79 Å². The van der Waals surface area contributed by atoms with Gasteiger partial charge in [0.25, 0.3) is 0 Å². The molecule has 34 heavy (non-hydrogen) atoms. The Bertz CT molecular complexity index is 1040. The van der Waals surface area contributed by atoms with Crippen LogP contribution >= 0.6 is 0 Å². The second-order valence-electron chi connectivity index (χ2n) is 9.66. The van der Waals surface area contributed by atoms with E-state index in [1.165, 1.54) is 13.2 Å². The molecule has 0 spiro atoms. The van der Waals surface area contributed by atoms with Crippen LogP contribution < -0.4 is 9.64 Å². The van der Waals surface area contributed by atoms with Crippen molar-refractivity contribution in [1.29, 1.82) is 0 Å². The number of hydrogen-bond acceptors (Lipinski definition) is 5. The van der Waals surface area contributed by atoms with E-state index in [1.807, 2.05) is 0 Å². The number of halogens is 3. The lowest BCUT2D eigenvalue weighted by Gasteiger charge is -2.41. The van der Waals surface area contributed by atoms with Gasteiger partial charge in [-0.05, 0) is 68.9 Å². The fourth-order valence-electron chi connectivity index (χ4n) is 5.61. The number of allylic oxidation sites excluding steroid dienone is 3. The van der Waals surface area contributed by atoms with Gasteiger partial charge in [-0.2, -0.15) is 13.2 Å². The molecule has 3 aliphatic rings. The Balaban J connectivity index is 1.76. The highest BCUT2D eigenvalue weighted by atomic mass is 19.4. The summed E-state index contributed by atoms with van der Waals surface area (Å²) in [5, 5.41) is 9.69. The molecule has 1 aromatic rings. The monoisotopic (exact) mass is 478 g/mol. The Labute approximate surface area is 196 Å². The second kappa shape index (κ2) is 8.76. The van der Waals surface area contributed by atoms with Gasteiger partial charge in [-0.3, -0.25) is 4.90 Å². The Morgan fingerprint density at radius 2 is 1.88 bits per heavy atom. The van der Waals surface area contributed by atoms with Gasteiger partial charge in [-0.1, -0.05) is 12.2 Å². The average molecular weight is 479 g/mol. The van der Waals surface area contributed by atoms with Crippen LogP contribution in [0.25, 0.3) is 0 Å². The van der Waals surface area contributed by atoms with Crippen LogP contribution in [-0.2, 0) is 21.7 Å². The molecule has 0 amide bonds. The lowest BCUT2D eigenvalue weighted by Crippen LogP contribution is -2.45. The van der Waals surface area contributed by atoms with Crippen molar-refractivity contribution in [3.05, 3.63) is 47.2 Å². The van der Waals surface area contributed by atoms with E-state index in [4.69, 9.17) is 4.74 Å². The molecule has 184 valence electrons. The molecule has 1 saturated carbocycles. The number of aldehydes is 1. The molecular formula is C25H29F3N2O4. The first kappa shape index (κ1) is 24.3. The summed E-state index contributed by atoms with van der Waals surface area (Å²) in [6.07, 6.45) is 2.92. The number of carbonyl (C=O) groups excluding carboxylic acids is 1. The third-order valence-electron chi connectivity index (χ3n) is 7.39. The molecule has 0 saturated heterocycles. The van der Waals surface area contributed by atoms with Crippen molar-refractivity contribution in [2.45, 2.75) is 69.9 Å². The minimum absolute atomic E-state index is 0.0730. The first-order valence-corrected chi connectivity index (χ1v) is 11.4. The average Bonchev–Trinajstić information content (AvgIpc) is 3.06. The molecule has 2 heterocycles. The highest BCUT2D eigenvalue weighted by Gasteiger charge is 2.46. The van der Waals surface area contributed by atoms with Crippen molar-refractivity contribution < 1.29 is 32.6 Å². The third kappa shape index (κ3) is 4.10. The molecule has 1 fully saturated rings. The van der Waals surface area contributed by atoms with E-state index in [9.17, 15) is 27.9 Å². The normalized spacial score (nSPS) is 26.7. The number of hydrogen-bond donors (Lipinski definition) is 1. The van der Waals surface area contributed by atoms with Gasteiger partial charge in [0, 0.05) is 24.0 Å². The molecule has 4 rings (SSSR count). The Morgan fingerprint density at radius 3 is 2.44 bits per heavy atom. The number of nitrogens with zero attached hydrogens (tertiary/aromatic N) is 2. The lowest BCUT2D eigenvalue weighted by atomic mass is 9.84. The number of rotatable bonds is 5. The van der Waals surface area contributed by atoms with E-state index in [-0.39, 0.29) is 23.4 Å². The van der Waals surface area contributed by atoms with Crippen LogP contribution in [0.3, 0.4) is 0 Å². The number of benzene rings is 1. The minimum Gasteiger partial charge on any atom is -0.495 e. The number of carbonyl (C=O) groups is 2. The van der Waals surface area contributed by atoms with Gasteiger partial charge >= 0.3 is 12.1 Å². The smallest absolute Gasteiger partial charge is 0.431 e. The van der Waals surface area contributed by atoms with E-state index < -0.39 is 29.4 Å². The summed E-state index contributed by atoms with van der Waals surface area (Å²) >= 11 is 0. The van der Waals surface area contributed by atoms with Crippen LogP contribution in [0.1, 0.15) is 50.7 Å². The number of carboxylic acid groups (broad SMARTS) is 1. The largest absolute Gasteiger partial charge is 0.495 e. The lowest BCUT2D eigenvalue weighted by molar-refractivity contribution is -0.137. The maximum Gasteiger partial charge on any atom is 0.431 e. The van der Waals surface area contributed by atoms with Gasteiger partial charge in [0.05, 0.1) is 12.8 Å². The number of methoxy groups -OCH3 is 1. The standard InChI is InChI=1S/C25H29F3N2O4/c1-24(2)18-12-21(34-3)20(30-19(23(32)33)5-4-6-22(30)25(26,27)28)11-16(18)13-29(24)17-9-7-15(14-31)8-10-17/h4-6,11-12,14-15,17,19H,7-10,13H2,1-3H3,(H,32,33). The van der Waals surface area contributed by atoms with Gasteiger partial charge in [0.1, 0.15) is 17.7 Å². The highest BCUT2D eigenvalue weighted by molar-refractivity contribution is 5.85. The molecule has 0 radical (unpaired) electrons. The number of ether oxygens (including phenoxy) is 1. The van der Waals surface area contributed by atoms with Gasteiger partial charge < -0.3 is 19.5 Å². The first-order valence-electron chi connectivity index (χ1n) is 11.4. The van der Waals surface area contributed by atoms with Crippen molar-refractivity contribution in [1.82, 2.24) is 4.90 Å². The number of carboxylic acids is 1. The Hall–Kier alpha value is -2.81. The predicted molar refractivity (Wildman–Crippen MR) is 121 cm³/mol. The van der Waals surface area contributed by atoms with Gasteiger partial charge in [0.2, 0.25) is 0 Å². The van der Waals surface area contributed by atoms with E-state index in [1.54, 1.807) is 12.1 Å². The Kier molecular flexibility index (Phi) is 6.27. The molecule has 0 aromatic heterocycles. The van der Waals surface area contributed by atoms with E-state index in [0.717, 1.165) is 60.1 Å². The van der Waals surface area contributed by atoms with Crippen LogP contribution in [0.2, 0.25) is 0 Å². The molecule has 1 N–H and O–H groups in total. The molecule has 2 aliphatic heterocycles. The summed E-state index contributed by atoms with van der Waals surface area (Å²) in [5.41, 5.74) is 0.420. The quantitative estimate of drug-likeness (QED) is 0.615. The summed E-state index contributed by atoms with van der Waals surface area (Å²) < 4.78 is 47.2. The Morgan fingerprint density at radius 1 is 1.21 bits per heavy atom. The third-order valence-corrected chi connectivity index (χ3v) is 7.39.